The smallest absolute Gasteiger partial charge is 0.248 e. The average Bonchev–Trinajstić information content (AvgIpc) is 2.49. The molecular weight excluding hydrogens is 266 g/mol. The molecule has 0 bridgehead atoms. The molecule has 2 aliphatic rings. The first-order chi connectivity index (χ1) is 10.1. The van der Waals surface area contributed by atoms with Gasteiger partial charge in [0.05, 0.1) is 0 Å². The van der Waals surface area contributed by atoms with Gasteiger partial charge in [-0.25, -0.2) is 0 Å². The summed E-state index contributed by atoms with van der Waals surface area (Å²) in [5, 5.41) is 3.81. The molecule has 0 saturated carbocycles. The van der Waals surface area contributed by atoms with Crippen LogP contribution >= 0.6 is 0 Å². The number of piperidine rings is 2. The molecule has 2 saturated heterocycles. The second-order valence-electron chi connectivity index (χ2n) is 6.68. The van der Waals surface area contributed by atoms with Gasteiger partial charge in [-0.1, -0.05) is 0 Å². The molecule has 122 valence electrons. The molecular formula is C16H31N3O2. The lowest BCUT2D eigenvalue weighted by Crippen LogP contribution is -2.50. The average molecular weight is 297 g/mol. The molecule has 0 aromatic rings. The van der Waals surface area contributed by atoms with Gasteiger partial charge >= 0.3 is 0 Å². The highest BCUT2D eigenvalue weighted by molar-refractivity contribution is 5.77. The molecule has 5 nitrogen and oxygen atoms in total. The van der Waals surface area contributed by atoms with Crippen LogP contribution < -0.4 is 5.32 Å². The maximum absolute atomic E-state index is 11.8. The number of likely N-dealkylation sites (tertiary alicyclic amines) is 2. The van der Waals surface area contributed by atoms with E-state index >= 15 is 0 Å². The monoisotopic (exact) mass is 297 g/mol. The molecule has 2 fully saturated rings. The Hall–Kier alpha value is -0.650. The lowest BCUT2D eigenvalue weighted by atomic mass is 9.89. The van der Waals surface area contributed by atoms with Crippen molar-refractivity contribution in [2.24, 2.45) is 5.92 Å². The topological polar surface area (TPSA) is 44.8 Å². The summed E-state index contributed by atoms with van der Waals surface area (Å²) in [4.78, 5) is 16.1. The second-order valence-corrected chi connectivity index (χ2v) is 6.68. The number of hydrogen-bond acceptors (Lipinski definition) is 4. The number of methoxy groups -OCH3 is 1. The van der Waals surface area contributed by atoms with Gasteiger partial charge in [-0.2, -0.15) is 0 Å². The first kappa shape index (κ1) is 16.7. The van der Waals surface area contributed by atoms with Gasteiger partial charge in [0.25, 0.3) is 0 Å². The molecule has 2 rings (SSSR count). The minimum atomic E-state index is 0.124. The van der Waals surface area contributed by atoms with E-state index in [1.807, 2.05) is 4.90 Å². The fourth-order valence-corrected chi connectivity index (χ4v) is 3.55. The van der Waals surface area contributed by atoms with Gasteiger partial charge in [-0.05, 0) is 58.7 Å². The van der Waals surface area contributed by atoms with Crippen molar-refractivity contribution in [3.8, 4) is 0 Å². The maximum Gasteiger partial charge on any atom is 0.248 e. The summed E-state index contributed by atoms with van der Waals surface area (Å²) in [6.07, 6.45) is 4.73. The van der Waals surface area contributed by atoms with Gasteiger partial charge in [0.15, 0.2) is 0 Å². The summed E-state index contributed by atoms with van der Waals surface area (Å²) >= 11 is 0. The third-order valence-electron chi connectivity index (χ3n) is 5.08. The number of carbonyl (C=O) groups is 1. The molecule has 21 heavy (non-hydrogen) atoms. The van der Waals surface area contributed by atoms with Crippen molar-refractivity contribution in [1.29, 1.82) is 0 Å². The number of ether oxygens (including phenoxy) is 1. The number of hydrogen-bond donors (Lipinski definition) is 1. The SMILES string of the molecule is COCC(=O)N1CCC(NC(C)C2CCN(C)CC2)CC1. The van der Waals surface area contributed by atoms with Crippen LogP contribution in [0.3, 0.4) is 0 Å². The molecule has 0 spiro atoms. The third kappa shape index (κ3) is 4.94. The van der Waals surface area contributed by atoms with Crippen LogP contribution in [-0.2, 0) is 9.53 Å². The Balaban J connectivity index is 1.69. The minimum Gasteiger partial charge on any atom is -0.375 e. The predicted octanol–water partition coefficient (Wildman–Crippen LogP) is 0.944. The van der Waals surface area contributed by atoms with E-state index in [1.165, 1.54) is 25.9 Å². The Morgan fingerprint density at radius 2 is 1.81 bits per heavy atom. The highest BCUT2D eigenvalue weighted by Crippen LogP contribution is 2.21. The molecule has 2 aliphatic heterocycles. The minimum absolute atomic E-state index is 0.124. The largest absolute Gasteiger partial charge is 0.375 e. The first-order valence-electron chi connectivity index (χ1n) is 8.31. The summed E-state index contributed by atoms with van der Waals surface area (Å²) in [5.74, 6) is 0.925. The summed E-state index contributed by atoms with van der Waals surface area (Å²) in [7, 11) is 3.79. The lowest BCUT2D eigenvalue weighted by molar-refractivity contribution is -0.136. The maximum atomic E-state index is 11.8. The van der Waals surface area contributed by atoms with E-state index in [0.717, 1.165) is 31.8 Å². The van der Waals surface area contributed by atoms with Gasteiger partial charge < -0.3 is 19.9 Å². The molecule has 5 heteroatoms. The normalized spacial score (nSPS) is 24.2. The Morgan fingerprint density at radius 1 is 1.19 bits per heavy atom. The van der Waals surface area contributed by atoms with Gasteiger partial charge in [0, 0.05) is 32.3 Å². The quantitative estimate of drug-likeness (QED) is 0.820. The summed E-state index contributed by atoms with van der Waals surface area (Å²) in [6.45, 7) is 6.71. The van der Waals surface area contributed by atoms with E-state index in [-0.39, 0.29) is 12.5 Å². The van der Waals surface area contributed by atoms with Crippen LogP contribution in [0.15, 0.2) is 0 Å². The zero-order valence-electron chi connectivity index (χ0n) is 13.8. The highest BCUT2D eigenvalue weighted by Gasteiger charge is 2.27. The van der Waals surface area contributed by atoms with Crippen molar-refractivity contribution in [1.82, 2.24) is 15.1 Å². The van der Waals surface area contributed by atoms with Crippen molar-refractivity contribution in [3.63, 3.8) is 0 Å². The van der Waals surface area contributed by atoms with Crippen molar-refractivity contribution in [2.45, 2.75) is 44.7 Å². The summed E-state index contributed by atoms with van der Waals surface area (Å²) < 4.78 is 4.93. The predicted molar refractivity (Wildman–Crippen MR) is 84.3 cm³/mol. The molecule has 0 radical (unpaired) electrons. The molecule has 1 N–H and O–H groups in total. The molecule has 0 aliphatic carbocycles. The number of nitrogens with zero attached hydrogens (tertiary/aromatic N) is 2. The highest BCUT2D eigenvalue weighted by atomic mass is 16.5. The van der Waals surface area contributed by atoms with Gasteiger partial charge in [0.2, 0.25) is 5.91 Å². The van der Waals surface area contributed by atoms with Crippen LogP contribution in [0.4, 0.5) is 0 Å². The summed E-state index contributed by atoms with van der Waals surface area (Å²) in [6, 6.07) is 1.15. The fourth-order valence-electron chi connectivity index (χ4n) is 3.55. The fraction of sp³-hybridized carbons (Fsp3) is 0.938. The van der Waals surface area contributed by atoms with Crippen LogP contribution in [0.1, 0.15) is 32.6 Å². The lowest BCUT2D eigenvalue weighted by Gasteiger charge is -2.38. The van der Waals surface area contributed by atoms with Crippen molar-refractivity contribution in [3.05, 3.63) is 0 Å². The van der Waals surface area contributed by atoms with Crippen LogP contribution in [0.2, 0.25) is 0 Å². The van der Waals surface area contributed by atoms with Crippen molar-refractivity contribution in [2.75, 3.05) is 46.9 Å². The number of rotatable bonds is 5. The van der Waals surface area contributed by atoms with E-state index < -0.39 is 0 Å². The number of carbonyl (C=O) groups excluding carboxylic acids is 1. The Kier molecular flexibility index (Phi) is 6.45. The zero-order valence-corrected chi connectivity index (χ0v) is 13.8. The molecule has 1 amide bonds. The summed E-state index contributed by atoms with van der Waals surface area (Å²) in [5.41, 5.74) is 0. The molecule has 0 aromatic heterocycles. The standard InChI is InChI=1S/C16H31N3O2/c1-13(14-4-8-18(2)9-5-14)17-15-6-10-19(11-7-15)16(20)12-21-3/h13-15,17H,4-12H2,1-3H3. The van der Waals surface area contributed by atoms with E-state index in [9.17, 15) is 4.79 Å². The van der Waals surface area contributed by atoms with E-state index in [0.29, 0.717) is 12.1 Å². The van der Waals surface area contributed by atoms with Crippen molar-refractivity contribution >= 4 is 5.91 Å². The van der Waals surface area contributed by atoms with Gasteiger partial charge in [-0.15, -0.1) is 0 Å². The third-order valence-corrected chi connectivity index (χ3v) is 5.08. The molecule has 1 atom stereocenters. The van der Waals surface area contributed by atoms with Crippen molar-refractivity contribution < 1.29 is 9.53 Å². The number of amides is 1. The molecule has 0 aromatic carbocycles. The second kappa shape index (κ2) is 8.11. The van der Waals surface area contributed by atoms with E-state index in [1.54, 1.807) is 7.11 Å². The molecule has 2 heterocycles. The van der Waals surface area contributed by atoms with Gasteiger partial charge in [-0.3, -0.25) is 4.79 Å². The Labute approximate surface area is 129 Å². The van der Waals surface area contributed by atoms with Crippen LogP contribution in [-0.4, -0.2) is 74.7 Å². The van der Waals surface area contributed by atoms with Crippen LogP contribution in [0.5, 0.6) is 0 Å². The number of nitrogens with one attached hydrogen (secondary N) is 1. The molecule has 1 unspecified atom stereocenters. The first-order valence-corrected chi connectivity index (χ1v) is 8.31. The van der Waals surface area contributed by atoms with Crippen LogP contribution in [0, 0.1) is 5.92 Å². The van der Waals surface area contributed by atoms with E-state index in [2.05, 4.69) is 24.2 Å². The Bertz CT molecular complexity index is 321. The Morgan fingerprint density at radius 3 is 2.38 bits per heavy atom. The van der Waals surface area contributed by atoms with Crippen LogP contribution in [0.25, 0.3) is 0 Å². The zero-order chi connectivity index (χ0) is 15.2. The van der Waals surface area contributed by atoms with Gasteiger partial charge in [0.1, 0.15) is 6.61 Å². The van der Waals surface area contributed by atoms with E-state index in [4.69, 9.17) is 4.74 Å².